The van der Waals surface area contributed by atoms with Crippen molar-refractivity contribution in [2.24, 2.45) is 0 Å². The first-order valence-corrected chi connectivity index (χ1v) is 6.31. The molecule has 2 aromatic rings. The molecule has 0 atom stereocenters. The molecule has 0 spiro atoms. The van der Waals surface area contributed by atoms with Crippen molar-refractivity contribution < 1.29 is 4.74 Å². The predicted molar refractivity (Wildman–Crippen MR) is 71.5 cm³/mol. The minimum atomic E-state index is 0.684. The van der Waals surface area contributed by atoms with E-state index in [1.807, 2.05) is 24.3 Å². The van der Waals surface area contributed by atoms with Crippen LogP contribution in [0.1, 0.15) is 30.9 Å². The fourth-order valence-corrected chi connectivity index (χ4v) is 2.15. The van der Waals surface area contributed by atoms with Crippen LogP contribution in [0.5, 0.6) is 5.75 Å². The summed E-state index contributed by atoms with van der Waals surface area (Å²) in [5, 5.41) is 10.7. The SMILES string of the molecule is COc1ccc(Nc2cc(C3CCC3)[nH]n2)cc1. The van der Waals surface area contributed by atoms with Gasteiger partial charge in [0.2, 0.25) is 0 Å². The summed E-state index contributed by atoms with van der Waals surface area (Å²) in [6.07, 6.45) is 3.90. The van der Waals surface area contributed by atoms with Gasteiger partial charge in [0, 0.05) is 23.4 Å². The van der Waals surface area contributed by atoms with Gasteiger partial charge in [0.15, 0.2) is 5.82 Å². The summed E-state index contributed by atoms with van der Waals surface area (Å²) in [6.45, 7) is 0. The van der Waals surface area contributed by atoms with Crippen LogP contribution in [0.3, 0.4) is 0 Å². The molecule has 0 bridgehead atoms. The number of nitrogens with one attached hydrogen (secondary N) is 2. The van der Waals surface area contributed by atoms with Crippen LogP contribution in [-0.2, 0) is 0 Å². The van der Waals surface area contributed by atoms with Crippen molar-refractivity contribution in [2.75, 3.05) is 12.4 Å². The molecule has 0 unspecified atom stereocenters. The van der Waals surface area contributed by atoms with Gasteiger partial charge in [0.25, 0.3) is 0 Å². The van der Waals surface area contributed by atoms with Crippen LogP contribution < -0.4 is 10.1 Å². The molecule has 1 heterocycles. The molecule has 1 saturated carbocycles. The topological polar surface area (TPSA) is 49.9 Å². The minimum absolute atomic E-state index is 0.684. The third-order valence-electron chi connectivity index (χ3n) is 3.51. The highest BCUT2D eigenvalue weighted by molar-refractivity contribution is 5.57. The maximum Gasteiger partial charge on any atom is 0.152 e. The molecule has 2 N–H and O–H groups in total. The summed E-state index contributed by atoms with van der Waals surface area (Å²) in [5.74, 6) is 2.42. The summed E-state index contributed by atoms with van der Waals surface area (Å²) < 4.78 is 5.13. The van der Waals surface area contributed by atoms with Gasteiger partial charge in [-0.3, -0.25) is 5.10 Å². The average molecular weight is 243 g/mol. The molecule has 0 amide bonds. The van der Waals surface area contributed by atoms with Crippen molar-refractivity contribution in [3.63, 3.8) is 0 Å². The Morgan fingerprint density at radius 1 is 1.28 bits per heavy atom. The van der Waals surface area contributed by atoms with E-state index in [4.69, 9.17) is 4.74 Å². The van der Waals surface area contributed by atoms with Crippen LogP contribution in [0.4, 0.5) is 11.5 Å². The van der Waals surface area contributed by atoms with Gasteiger partial charge in [-0.15, -0.1) is 0 Å². The van der Waals surface area contributed by atoms with Gasteiger partial charge in [0.05, 0.1) is 7.11 Å². The Labute approximate surface area is 106 Å². The summed E-state index contributed by atoms with van der Waals surface area (Å²) in [6, 6.07) is 9.94. The summed E-state index contributed by atoms with van der Waals surface area (Å²) in [5.41, 5.74) is 2.26. The average Bonchev–Trinajstić information content (AvgIpc) is 2.76. The van der Waals surface area contributed by atoms with Crippen molar-refractivity contribution in [1.82, 2.24) is 10.2 Å². The van der Waals surface area contributed by atoms with E-state index in [0.717, 1.165) is 17.3 Å². The fraction of sp³-hybridized carbons (Fsp3) is 0.357. The zero-order valence-electron chi connectivity index (χ0n) is 10.4. The molecule has 1 aliphatic carbocycles. The standard InChI is InChI=1S/C14H17N3O/c1-18-12-7-5-11(6-8-12)15-14-9-13(16-17-14)10-3-2-4-10/h5-10H,2-4H2,1H3,(H2,15,16,17). The van der Waals surface area contributed by atoms with Crippen molar-refractivity contribution >= 4 is 11.5 Å². The number of rotatable bonds is 4. The molecule has 0 radical (unpaired) electrons. The van der Waals surface area contributed by atoms with Crippen molar-refractivity contribution in [3.05, 3.63) is 36.0 Å². The Kier molecular flexibility index (Phi) is 2.92. The lowest BCUT2D eigenvalue weighted by Crippen LogP contribution is -2.08. The van der Waals surface area contributed by atoms with E-state index in [1.54, 1.807) is 7.11 Å². The number of hydrogen-bond donors (Lipinski definition) is 2. The molecule has 0 saturated heterocycles. The van der Waals surface area contributed by atoms with Gasteiger partial charge in [-0.2, -0.15) is 5.10 Å². The molecule has 0 aliphatic heterocycles. The Morgan fingerprint density at radius 3 is 2.67 bits per heavy atom. The first-order chi connectivity index (χ1) is 8.85. The summed E-state index contributed by atoms with van der Waals surface area (Å²) >= 11 is 0. The molecule has 1 aromatic heterocycles. The number of aromatic amines is 1. The smallest absolute Gasteiger partial charge is 0.152 e. The summed E-state index contributed by atoms with van der Waals surface area (Å²) in [4.78, 5) is 0. The van der Waals surface area contributed by atoms with E-state index in [9.17, 15) is 0 Å². The number of aromatic nitrogens is 2. The lowest BCUT2D eigenvalue weighted by molar-refractivity contribution is 0.410. The van der Waals surface area contributed by atoms with Gasteiger partial charge < -0.3 is 10.1 Å². The van der Waals surface area contributed by atoms with Crippen molar-refractivity contribution in [3.8, 4) is 5.75 Å². The van der Waals surface area contributed by atoms with E-state index in [-0.39, 0.29) is 0 Å². The highest BCUT2D eigenvalue weighted by atomic mass is 16.5. The van der Waals surface area contributed by atoms with Crippen LogP contribution in [0.25, 0.3) is 0 Å². The first kappa shape index (κ1) is 11.1. The third-order valence-corrected chi connectivity index (χ3v) is 3.51. The maximum atomic E-state index is 5.13. The number of methoxy groups -OCH3 is 1. The van der Waals surface area contributed by atoms with E-state index in [2.05, 4.69) is 21.6 Å². The molecule has 1 fully saturated rings. The molecule has 3 rings (SSSR count). The van der Waals surface area contributed by atoms with Crippen LogP contribution in [0.2, 0.25) is 0 Å². The Bertz CT molecular complexity index is 514. The van der Waals surface area contributed by atoms with E-state index < -0.39 is 0 Å². The summed E-state index contributed by atoms with van der Waals surface area (Å²) in [7, 11) is 1.67. The molecule has 1 aromatic carbocycles. The highest BCUT2D eigenvalue weighted by Gasteiger charge is 2.21. The van der Waals surface area contributed by atoms with Gasteiger partial charge in [-0.1, -0.05) is 6.42 Å². The molecular formula is C14H17N3O. The molecule has 4 nitrogen and oxygen atoms in total. The quantitative estimate of drug-likeness (QED) is 0.865. The first-order valence-electron chi connectivity index (χ1n) is 6.31. The number of benzene rings is 1. The van der Waals surface area contributed by atoms with Gasteiger partial charge >= 0.3 is 0 Å². The van der Waals surface area contributed by atoms with E-state index >= 15 is 0 Å². The van der Waals surface area contributed by atoms with E-state index in [1.165, 1.54) is 25.0 Å². The second-order valence-corrected chi connectivity index (χ2v) is 4.69. The van der Waals surface area contributed by atoms with Crippen molar-refractivity contribution in [1.29, 1.82) is 0 Å². The number of anilines is 2. The lowest BCUT2D eigenvalue weighted by Gasteiger charge is -2.23. The number of ether oxygens (including phenoxy) is 1. The normalized spacial score (nSPS) is 15.2. The van der Waals surface area contributed by atoms with Gasteiger partial charge in [-0.25, -0.2) is 0 Å². The zero-order valence-corrected chi connectivity index (χ0v) is 10.4. The minimum Gasteiger partial charge on any atom is -0.497 e. The number of hydrogen-bond acceptors (Lipinski definition) is 3. The Morgan fingerprint density at radius 2 is 2.06 bits per heavy atom. The number of nitrogens with zero attached hydrogens (tertiary/aromatic N) is 1. The van der Waals surface area contributed by atoms with Gasteiger partial charge in [-0.05, 0) is 37.1 Å². The van der Waals surface area contributed by atoms with Crippen LogP contribution in [-0.4, -0.2) is 17.3 Å². The zero-order chi connectivity index (χ0) is 12.4. The highest BCUT2D eigenvalue weighted by Crippen LogP contribution is 2.36. The molecule has 1 aliphatic rings. The third kappa shape index (κ3) is 2.18. The molecule has 4 heteroatoms. The fourth-order valence-electron chi connectivity index (χ4n) is 2.15. The predicted octanol–water partition coefficient (Wildman–Crippen LogP) is 3.43. The largest absolute Gasteiger partial charge is 0.497 e. The monoisotopic (exact) mass is 243 g/mol. The number of H-pyrrole nitrogens is 1. The maximum absolute atomic E-state index is 5.13. The van der Waals surface area contributed by atoms with Crippen LogP contribution in [0.15, 0.2) is 30.3 Å². The molecule has 18 heavy (non-hydrogen) atoms. The van der Waals surface area contributed by atoms with Crippen molar-refractivity contribution in [2.45, 2.75) is 25.2 Å². The second kappa shape index (κ2) is 4.72. The second-order valence-electron chi connectivity index (χ2n) is 4.69. The molecule has 94 valence electrons. The lowest BCUT2D eigenvalue weighted by atomic mass is 9.83. The van der Waals surface area contributed by atoms with Crippen LogP contribution in [0, 0.1) is 0 Å². The van der Waals surface area contributed by atoms with Crippen LogP contribution >= 0.6 is 0 Å². The Balaban J connectivity index is 1.69. The van der Waals surface area contributed by atoms with E-state index in [0.29, 0.717) is 5.92 Å². The Hall–Kier alpha value is -1.97. The molecular weight excluding hydrogens is 226 g/mol. The van der Waals surface area contributed by atoms with Gasteiger partial charge in [0.1, 0.15) is 5.75 Å².